The molecule has 2 nitrogen and oxygen atoms in total. The molecule has 2 aliphatic carbocycles. The van der Waals surface area contributed by atoms with Gasteiger partial charge in [-0.15, -0.1) is 0 Å². The van der Waals surface area contributed by atoms with Crippen LogP contribution in [0.4, 0.5) is 17.1 Å². The third kappa shape index (κ3) is 9.00. The lowest BCUT2D eigenvalue weighted by molar-refractivity contribution is 0.175. The molecule has 0 spiro atoms. The standard InChI is InChI=1S/C69H88BNOSi/c1-19-67(10,11)55-41-58-59(40-53(55)43(2)3)71(50-31-29-49(30-32-50)66(7,8)9)60-38-46(51-22-20-21-23-61(51)73(16,17)18)36-45-26-33-52(44-24-27-48(28-25-44)65(4,5)6)64-63(70(58)62(45)60)54-39-57-56(37-47(54)42-72-64)68(12,13)34-35-69(57,14)15/h20-22,24-25,27-32,36-41,43,52,61H,19,23,26,33-35,42H2,1-18H3. The van der Waals surface area contributed by atoms with Crippen molar-refractivity contribution in [3.8, 4) is 0 Å². The van der Waals surface area contributed by atoms with Crippen molar-refractivity contribution in [2.75, 3.05) is 4.90 Å². The third-order valence-electron chi connectivity index (χ3n) is 18.8. The number of benzene rings is 5. The van der Waals surface area contributed by atoms with E-state index in [0.717, 1.165) is 25.7 Å². The van der Waals surface area contributed by atoms with E-state index in [9.17, 15) is 0 Å². The number of anilines is 3. The fraction of sp³-hybridized carbons (Fsp3) is 0.478. The van der Waals surface area contributed by atoms with Crippen LogP contribution in [0.2, 0.25) is 25.2 Å². The van der Waals surface area contributed by atoms with Crippen molar-refractivity contribution in [1.82, 2.24) is 0 Å². The molecule has 10 rings (SSSR count). The van der Waals surface area contributed by atoms with Gasteiger partial charge in [-0.3, -0.25) is 0 Å². The molecule has 3 aliphatic heterocycles. The van der Waals surface area contributed by atoms with Gasteiger partial charge in [0, 0.05) is 23.0 Å². The third-order valence-corrected chi connectivity index (χ3v) is 21.4. The van der Waals surface area contributed by atoms with Crippen molar-refractivity contribution in [3.63, 3.8) is 0 Å². The van der Waals surface area contributed by atoms with E-state index in [-0.39, 0.29) is 39.7 Å². The normalized spacial score (nSPS) is 20.3. The summed E-state index contributed by atoms with van der Waals surface area (Å²) in [5.74, 6) is 1.63. The average Bonchev–Trinajstić information content (AvgIpc) is 3.32. The van der Waals surface area contributed by atoms with Gasteiger partial charge in [-0.05, 0) is 179 Å². The number of fused-ring (bicyclic) bond motifs is 6. The second-order valence-corrected chi connectivity index (χ2v) is 34.0. The van der Waals surface area contributed by atoms with Gasteiger partial charge in [-0.1, -0.05) is 208 Å². The van der Waals surface area contributed by atoms with E-state index in [1.165, 1.54) is 119 Å². The van der Waals surface area contributed by atoms with Crippen LogP contribution in [0.1, 0.15) is 209 Å². The lowest BCUT2D eigenvalue weighted by Crippen LogP contribution is -2.54. The molecule has 4 heteroatoms. The summed E-state index contributed by atoms with van der Waals surface area (Å²) in [5, 5.41) is 0. The Bertz CT molecular complexity index is 3080. The van der Waals surface area contributed by atoms with Gasteiger partial charge in [0.1, 0.15) is 6.61 Å². The SMILES string of the molecule is CCC(C)(C)c1cc2c(cc1C(C)C)N(c1ccc(C(C)(C)C)cc1)c1cc(C3=CC=CCC3[Si](C)(C)C)cc3c1B2C1=C(OCc2cc4c(cc21)C(C)(C)CCC4(C)C)C(c1ccc(C(C)(C)C)cc1)CC3. The first-order valence-electron chi connectivity index (χ1n) is 28.4. The van der Waals surface area contributed by atoms with Gasteiger partial charge in [0.15, 0.2) is 0 Å². The Morgan fingerprint density at radius 3 is 1.95 bits per heavy atom. The molecule has 0 saturated carbocycles. The predicted molar refractivity (Wildman–Crippen MR) is 321 cm³/mol. The monoisotopic (exact) mass is 986 g/mol. The highest BCUT2D eigenvalue weighted by Crippen LogP contribution is 2.53. The molecular weight excluding hydrogens is 898 g/mol. The average molecular weight is 986 g/mol. The molecule has 0 aromatic heterocycles. The fourth-order valence-electron chi connectivity index (χ4n) is 13.6. The van der Waals surface area contributed by atoms with Gasteiger partial charge in [-0.2, -0.15) is 0 Å². The summed E-state index contributed by atoms with van der Waals surface area (Å²) in [4.78, 5) is 2.71. The Kier molecular flexibility index (Phi) is 12.7. The van der Waals surface area contributed by atoms with Crippen molar-refractivity contribution < 1.29 is 4.74 Å². The van der Waals surface area contributed by atoms with Crippen LogP contribution in [0, 0.1) is 0 Å². The van der Waals surface area contributed by atoms with Crippen LogP contribution in [0.5, 0.6) is 0 Å². The Labute approximate surface area is 444 Å². The van der Waals surface area contributed by atoms with E-state index in [4.69, 9.17) is 4.74 Å². The Balaban J connectivity index is 1.37. The molecule has 73 heavy (non-hydrogen) atoms. The van der Waals surface area contributed by atoms with Gasteiger partial charge in [0.2, 0.25) is 0 Å². The fourth-order valence-corrected chi connectivity index (χ4v) is 15.6. The summed E-state index contributed by atoms with van der Waals surface area (Å²) < 4.78 is 7.61. The summed E-state index contributed by atoms with van der Waals surface area (Å²) in [5.41, 5.74) is 26.1. The number of ether oxygens (including phenoxy) is 1. The summed E-state index contributed by atoms with van der Waals surface area (Å²) >= 11 is 0. The Morgan fingerprint density at radius 1 is 0.740 bits per heavy atom. The van der Waals surface area contributed by atoms with Gasteiger partial charge in [0.25, 0.3) is 6.71 Å². The second-order valence-electron chi connectivity index (χ2n) is 28.6. The van der Waals surface area contributed by atoms with Crippen LogP contribution in [-0.2, 0) is 44.8 Å². The molecule has 0 radical (unpaired) electrons. The minimum atomic E-state index is -1.62. The predicted octanol–water partition coefficient (Wildman–Crippen LogP) is 18.1. The molecule has 0 saturated heterocycles. The highest BCUT2D eigenvalue weighted by Gasteiger charge is 2.48. The molecule has 2 atom stereocenters. The van der Waals surface area contributed by atoms with E-state index < -0.39 is 8.07 Å². The summed E-state index contributed by atoms with van der Waals surface area (Å²) in [7, 11) is -1.62. The molecule has 0 amide bonds. The summed E-state index contributed by atoms with van der Waals surface area (Å²) in [6, 6.07) is 35.4. The van der Waals surface area contributed by atoms with E-state index in [1.54, 1.807) is 0 Å². The number of aryl methyl sites for hydroxylation is 1. The van der Waals surface area contributed by atoms with E-state index in [0.29, 0.717) is 18.1 Å². The maximum absolute atomic E-state index is 7.61. The molecule has 0 fully saturated rings. The first-order chi connectivity index (χ1) is 34.1. The van der Waals surface area contributed by atoms with Crippen molar-refractivity contribution in [3.05, 3.63) is 170 Å². The lowest BCUT2D eigenvalue weighted by Gasteiger charge is -2.46. The van der Waals surface area contributed by atoms with Gasteiger partial charge in [0.05, 0.1) is 13.8 Å². The van der Waals surface area contributed by atoms with Crippen LogP contribution < -0.4 is 15.8 Å². The summed E-state index contributed by atoms with van der Waals surface area (Å²) in [6.07, 6.45) is 13.7. The van der Waals surface area contributed by atoms with E-state index >= 15 is 0 Å². The highest BCUT2D eigenvalue weighted by molar-refractivity contribution is 7.02. The number of allylic oxidation sites excluding steroid dienone is 5. The van der Waals surface area contributed by atoms with E-state index in [1.807, 2.05) is 0 Å². The number of rotatable bonds is 7. The summed E-state index contributed by atoms with van der Waals surface area (Å²) in [6.45, 7) is 44.4. The Hall–Kier alpha value is -4.80. The smallest absolute Gasteiger partial charge is 0.252 e. The first kappa shape index (κ1) is 51.7. The molecule has 0 bridgehead atoms. The zero-order chi connectivity index (χ0) is 52.5. The largest absolute Gasteiger partial charge is 0.493 e. The number of hydrogen-bond acceptors (Lipinski definition) is 2. The molecule has 5 aromatic rings. The van der Waals surface area contributed by atoms with Crippen molar-refractivity contribution >= 4 is 53.8 Å². The van der Waals surface area contributed by atoms with Crippen LogP contribution in [0.3, 0.4) is 0 Å². The lowest BCUT2D eigenvalue weighted by atomic mass is 9.31. The van der Waals surface area contributed by atoms with Crippen molar-refractivity contribution in [1.29, 1.82) is 0 Å². The maximum Gasteiger partial charge on any atom is 0.252 e. The zero-order valence-electron chi connectivity index (χ0n) is 48.4. The molecule has 0 N–H and O–H groups in total. The molecule has 2 unspecified atom stereocenters. The molecule has 5 aliphatic rings. The highest BCUT2D eigenvalue weighted by atomic mass is 28.3. The Morgan fingerprint density at radius 2 is 1.36 bits per heavy atom. The van der Waals surface area contributed by atoms with Crippen molar-refractivity contribution in [2.24, 2.45) is 0 Å². The number of hydrogen-bond donors (Lipinski definition) is 0. The maximum atomic E-state index is 7.61. The minimum absolute atomic E-state index is 0.0283. The quantitative estimate of drug-likeness (QED) is 0.151. The van der Waals surface area contributed by atoms with E-state index in [2.05, 4.69) is 232 Å². The minimum Gasteiger partial charge on any atom is -0.493 e. The molecule has 382 valence electrons. The molecule has 3 heterocycles. The molecule has 5 aromatic carbocycles. The topological polar surface area (TPSA) is 12.5 Å². The van der Waals surface area contributed by atoms with Gasteiger partial charge >= 0.3 is 0 Å². The first-order valence-corrected chi connectivity index (χ1v) is 32.0. The van der Waals surface area contributed by atoms with Crippen LogP contribution in [-0.4, -0.2) is 14.8 Å². The van der Waals surface area contributed by atoms with Crippen LogP contribution in [0.15, 0.2) is 109 Å². The zero-order valence-corrected chi connectivity index (χ0v) is 49.4. The van der Waals surface area contributed by atoms with Crippen LogP contribution >= 0.6 is 0 Å². The molecular formula is C69H88BNOSi. The number of nitrogens with zero attached hydrogens (tertiary/aromatic N) is 1. The second kappa shape index (κ2) is 17.9. The van der Waals surface area contributed by atoms with Crippen LogP contribution in [0.25, 0.3) is 11.0 Å². The van der Waals surface area contributed by atoms with Gasteiger partial charge in [-0.25, -0.2) is 0 Å². The van der Waals surface area contributed by atoms with Gasteiger partial charge < -0.3 is 9.64 Å². The van der Waals surface area contributed by atoms with Crippen molar-refractivity contribution in [2.45, 2.75) is 213 Å².